The number of nitrogens with zero attached hydrogens (tertiary/aromatic N) is 1. The number of carbonyl (C=O) groups excluding carboxylic acids is 1. The van der Waals surface area contributed by atoms with Crippen LogP contribution in [0.25, 0.3) is 0 Å². The van der Waals surface area contributed by atoms with Gasteiger partial charge in [0.05, 0.1) is 11.3 Å². The molecule has 2 aromatic rings. The summed E-state index contributed by atoms with van der Waals surface area (Å²) in [5.74, 6) is -1.41. The normalized spacial score (nSPS) is 11.4. The average Bonchev–Trinajstić information content (AvgIpc) is 2.68. The molecule has 0 aliphatic carbocycles. The number of benzene rings is 2. The lowest BCUT2D eigenvalue weighted by Gasteiger charge is -2.14. The first kappa shape index (κ1) is 26.8. The van der Waals surface area contributed by atoms with Crippen molar-refractivity contribution in [3.63, 3.8) is 0 Å². The lowest BCUT2D eigenvalue weighted by Crippen LogP contribution is -2.41. The third-order valence-corrected chi connectivity index (χ3v) is 4.91. The van der Waals surface area contributed by atoms with E-state index >= 15 is 0 Å². The predicted octanol–water partition coefficient (Wildman–Crippen LogP) is 2.22. The molecular formula is C20H25F2IN4O3S. The van der Waals surface area contributed by atoms with Crippen molar-refractivity contribution in [2.45, 2.75) is 12.3 Å². The fraction of sp³-hybridized carbons (Fsp3) is 0.300. The van der Waals surface area contributed by atoms with E-state index in [0.29, 0.717) is 23.6 Å². The highest BCUT2D eigenvalue weighted by atomic mass is 127. The number of sulfone groups is 1. The molecule has 7 nitrogen and oxygen atoms in total. The molecule has 0 unspecified atom stereocenters. The second-order valence-electron chi connectivity index (χ2n) is 6.57. The van der Waals surface area contributed by atoms with Crippen LogP contribution in [0.2, 0.25) is 0 Å². The summed E-state index contributed by atoms with van der Waals surface area (Å²) in [7, 11) is -1.73. The van der Waals surface area contributed by atoms with Gasteiger partial charge in [-0.25, -0.2) is 17.2 Å². The second kappa shape index (κ2) is 12.5. The third kappa shape index (κ3) is 9.17. The smallest absolute Gasteiger partial charge is 0.254 e. The Hall–Kier alpha value is -2.28. The van der Waals surface area contributed by atoms with Crippen molar-refractivity contribution in [3.8, 4) is 0 Å². The number of halogens is 3. The quantitative estimate of drug-likeness (QED) is 0.197. The van der Waals surface area contributed by atoms with Gasteiger partial charge in [0.1, 0.15) is 11.6 Å². The van der Waals surface area contributed by atoms with Crippen LogP contribution in [0, 0.1) is 11.6 Å². The van der Waals surface area contributed by atoms with Crippen LogP contribution in [0.4, 0.5) is 8.78 Å². The molecule has 0 spiro atoms. The SMILES string of the molecule is CN=C(NCCNC(=O)c1ccccc1F)NCc1cc(F)ccc1CS(C)(=O)=O.I. The van der Waals surface area contributed by atoms with Gasteiger partial charge in [0.25, 0.3) is 5.91 Å². The van der Waals surface area contributed by atoms with Gasteiger partial charge in [-0.1, -0.05) is 18.2 Å². The predicted molar refractivity (Wildman–Crippen MR) is 127 cm³/mol. The van der Waals surface area contributed by atoms with E-state index in [1.54, 1.807) is 6.07 Å². The average molecular weight is 566 g/mol. The molecule has 0 saturated carbocycles. The number of hydrogen-bond donors (Lipinski definition) is 3. The summed E-state index contributed by atoms with van der Waals surface area (Å²) in [5, 5.41) is 8.53. The molecular weight excluding hydrogens is 541 g/mol. The van der Waals surface area contributed by atoms with E-state index in [4.69, 9.17) is 0 Å². The van der Waals surface area contributed by atoms with Crippen molar-refractivity contribution in [2.24, 2.45) is 4.99 Å². The van der Waals surface area contributed by atoms with E-state index in [0.717, 1.165) is 6.26 Å². The Bertz CT molecular complexity index is 1030. The number of hydrogen-bond acceptors (Lipinski definition) is 4. The van der Waals surface area contributed by atoms with Gasteiger partial charge < -0.3 is 16.0 Å². The van der Waals surface area contributed by atoms with Gasteiger partial charge in [0.2, 0.25) is 0 Å². The maximum Gasteiger partial charge on any atom is 0.254 e. The summed E-state index contributed by atoms with van der Waals surface area (Å²) < 4.78 is 50.3. The molecule has 0 aliphatic heterocycles. The summed E-state index contributed by atoms with van der Waals surface area (Å²) in [5.41, 5.74) is 0.958. The Morgan fingerprint density at radius 1 is 1.00 bits per heavy atom. The monoisotopic (exact) mass is 566 g/mol. The van der Waals surface area contributed by atoms with E-state index in [9.17, 15) is 22.0 Å². The highest BCUT2D eigenvalue weighted by Crippen LogP contribution is 2.14. The number of carbonyl (C=O) groups is 1. The van der Waals surface area contributed by atoms with Crippen molar-refractivity contribution in [3.05, 3.63) is 70.8 Å². The van der Waals surface area contributed by atoms with Crippen molar-refractivity contribution >= 4 is 45.7 Å². The molecule has 1 amide bonds. The summed E-state index contributed by atoms with van der Waals surface area (Å²) in [4.78, 5) is 16.0. The maximum atomic E-state index is 13.6. The van der Waals surface area contributed by atoms with Crippen LogP contribution in [-0.2, 0) is 22.1 Å². The number of rotatable bonds is 8. The lowest BCUT2D eigenvalue weighted by atomic mass is 10.1. The Kier molecular flexibility index (Phi) is 10.8. The lowest BCUT2D eigenvalue weighted by molar-refractivity contribution is 0.0950. The third-order valence-electron chi connectivity index (χ3n) is 4.08. The van der Waals surface area contributed by atoms with Crippen molar-refractivity contribution in [1.29, 1.82) is 0 Å². The minimum atomic E-state index is -3.27. The molecule has 3 N–H and O–H groups in total. The van der Waals surface area contributed by atoms with Gasteiger partial charge in [0, 0.05) is 32.9 Å². The second-order valence-corrected chi connectivity index (χ2v) is 8.71. The Labute approximate surface area is 197 Å². The van der Waals surface area contributed by atoms with Gasteiger partial charge in [0.15, 0.2) is 15.8 Å². The van der Waals surface area contributed by atoms with Crippen LogP contribution >= 0.6 is 24.0 Å². The van der Waals surface area contributed by atoms with Gasteiger partial charge in [-0.05, 0) is 35.4 Å². The van der Waals surface area contributed by atoms with Gasteiger partial charge in [-0.15, -0.1) is 24.0 Å². The number of guanidine groups is 1. The van der Waals surface area contributed by atoms with Gasteiger partial charge in [-0.2, -0.15) is 0 Å². The first-order valence-corrected chi connectivity index (χ1v) is 11.2. The van der Waals surface area contributed by atoms with Crippen LogP contribution < -0.4 is 16.0 Å². The topological polar surface area (TPSA) is 99.7 Å². The Morgan fingerprint density at radius 2 is 1.68 bits per heavy atom. The molecule has 2 rings (SSSR count). The van der Waals surface area contributed by atoms with E-state index in [1.165, 1.54) is 43.4 Å². The summed E-state index contributed by atoms with van der Waals surface area (Å²) in [6, 6.07) is 9.62. The fourth-order valence-corrected chi connectivity index (χ4v) is 3.53. The van der Waals surface area contributed by atoms with Gasteiger partial charge in [-0.3, -0.25) is 9.79 Å². The molecule has 31 heavy (non-hydrogen) atoms. The van der Waals surface area contributed by atoms with E-state index in [2.05, 4.69) is 20.9 Å². The first-order valence-electron chi connectivity index (χ1n) is 9.12. The summed E-state index contributed by atoms with van der Waals surface area (Å²) in [6.45, 7) is 0.677. The minimum absolute atomic E-state index is 0. The minimum Gasteiger partial charge on any atom is -0.355 e. The van der Waals surface area contributed by atoms with Crippen molar-refractivity contribution in [2.75, 3.05) is 26.4 Å². The van der Waals surface area contributed by atoms with Crippen LogP contribution in [0.1, 0.15) is 21.5 Å². The Morgan fingerprint density at radius 3 is 2.32 bits per heavy atom. The molecule has 2 aromatic carbocycles. The zero-order chi connectivity index (χ0) is 22.1. The number of nitrogens with one attached hydrogen (secondary N) is 3. The molecule has 170 valence electrons. The highest BCUT2D eigenvalue weighted by Gasteiger charge is 2.12. The molecule has 0 saturated heterocycles. The van der Waals surface area contributed by atoms with Crippen LogP contribution in [0.5, 0.6) is 0 Å². The zero-order valence-corrected chi connectivity index (χ0v) is 20.3. The van der Waals surface area contributed by atoms with E-state index in [1.807, 2.05) is 0 Å². The molecule has 11 heteroatoms. The van der Waals surface area contributed by atoms with Crippen molar-refractivity contribution < 1.29 is 22.0 Å². The highest BCUT2D eigenvalue weighted by molar-refractivity contribution is 14.0. The number of aliphatic imine (C=N–C) groups is 1. The first-order chi connectivity index (χ1) is 14.2. The molecule has 0 atom stereocenters. The van der Waals surface area contributed by atoms with Gasteiger partial charge >= 0.3 is 0 Å². The number of amides is 1. The molecule has 0 radical (unpaired) electrons. The van der Waals surface area contributed by atoms with Crippen LogP contribution in [0.15, 0.2) is 47.5 Å². The molecule has 0 heterocycles. The van der Waals surface area contributed by atoms with E-state index < -0.39 is 27.4 Å². The van der Waals surface area contributed by atoms with Crippen LogP contribution in [0.3, 0.4) is 0 Å². The zero-order valence-electron chi connectivity index (χ0n) is 17.1. The maximum absolute atomic E-state index is 13.6. The Balaban J connectivity index is 0.00000480. The largest absolute Gasteiger partial charge is 0.355 e. The van der Waals surface area contributed by atoms with E-state index in [-0.39, 0.29) is 48.4 Å². The van der Waals surface area contributed by atoms with Crippen molar-refractivity contribution in [1.82, 2.24) is 16.0 Å². The summed E-state index contributed by atoms with van der Waals surface area (Å²) in [6.07, 6.45) is 1.11. The standard InChI is InChI=1S/C20H24F2N4O3S.HI/c1-23-20(25-10-9-24-19(27)17-5-3-4-6-18(17)22)26-12-15-11-16(21)8-7-14(15)13-30(2,28)29;/h3-8,11H,9-10,12-13H2,1-2H3,(H,24,27)(H2,23,25,26);1H. The molecule has 0 aromatic heterocycles. The van der Waals surface area contributed by atoms with Crippen LogP contribution in [-0.4, -0.2) is 46.7 Å². The molecule has 0 fully saturated rings. The fourth-order valence-electron chi connectivity index (χ4n) is 2.68. The summed E-state index contributed by atoms with van der Waals surface area (Å²) >= 11 is 0. The molecule has 0 aliphatic rings. The molecule has 0 bridgehead atoms.